The SMILES string of the molecule is CCC(=O)NC[C@H]1c2cc(OC)c(OC)cc2CCN1C(=O)Nc1cccc(F)c1. The molecule has 0 fully saturated rings. The molecule has 1 atom stereocenters. The Bertz CT molecular complexity index is 935. The number of anilines is 1. The van der Waals surface area contributed by atoms with E-state index >= 15 is 0 Å². The van der Waals surface area contributed by atoms with Crippen LogP contribution in [0.4, 0.5) is 14.9 Å². The number of rotatable bonds is 6. The van der Waals surface area contributed by atoms with E-state index in [-0.39, 0.29) is 18.5 Å². The predicted octanol–water partition coefficient (Wildman–Crippen LogP) is 3.50. The maximum atomic E-state index is 13.5. The molecule has 1 aliphatic rings. The number of halogens is 1. The minimum absolute atomic E-state index is 0.104. The van der Waals surface area contributed by atoms with Crippen molar-refractivity contribution in [1.82, 2.24) is 10.2 Å². The molecule has 0 spiro atoms. The third-order valence-corrected chi connectivity index (χ3v) is 5.15. The normalized spacial score (nSPS) is 15.2. The standard InChI is InChI=1S/C22H26FN3O4/c1-4-21(27)24-13-18-17-12-20(30-3)19(29-2)10-14(17)8-9-26(18)22(28)25-16-7-5-6-15(23)11-16/h5-7,10-12,18H,4,8-9,13H2,1-3H3,(H,24,27)(H,25,28)/t18-/m0/s1. The third kappa shape index (κ3) is 4.64. The van der Waals surface area contributed by atoms with E-state index in [1.807, 2.05) is 12.1 Å². The summed E-state index contributed by atoms with van der Waals surface area (Å²) in [7, 11) is 3.13. The Morgan fingerprint density at radius 2 is 1.90 bits per heavy atom. The Kier molecular flexibility index (Phi) is 6.76. The number of urea groups is 1. The van der Waals surface area contributed by atoms with Gasteiger partial charge >= 0.3 is 6.03 Å². The lowest BCUT2D eigenvalue weighted by Crippen LogP contribution is -2.46. The van der Waals surface area contributed by atoms with Crippen LogP contribution in [0.25, 0.3) is 0 Å². The van der Waals surface area contributed by atoms with Crippen LogP contribution in [0.5, 0.6) is 11.5 Å². The molecule has 0 aromatic heterocycles. The van der Waals surface area contributed by atoms with Gasteiger partial charge in [0.05, 0.1) is 20.3 Å². The molecule has 1 heterocycles. The first kappa shape index (κ1) is 21.4. The molecule has 2 N–H and O–H groups in total. The Hall–Kier alpha value is -3.29. The van der Waals surface area contributed by atoms with Gasteiger partial charge in [-0.2, -0.15) is 0 Å². The quantitative estimate of drug-likeness (QED) is 0.757. The minimum atomic E-state index is -0.430. The Labute approximate surface area is 175 Å². The van der Waals surface area contributed by atoms with Gasteiger partial charge in [-0.05, 0) is 47.9 Å². The second-order valence-electron chi connectivity index (χ2n) is 6.96. The van der Waals surface area contributed by atoms with Gasteiger partial charge < -0.3 is 25.0 Å². The van der Waals surface area contributed by atoms with Gasteiger partial charge in [0.15, 0.2) is 11.5 Å². The zero-order valence-electron chi connectivity index (χ0n) is 17.3. The van der Waals surface area contributed by atoms with Crippen LogP contribution in [-0.2, 0) is 11.2 Å². The molecule has 3 rings (SSSR count). The monoisotopic (exact) mass is 415 g/mol. The van der Waals surface area contributed by atoms with E-state index in [4.69, 9.17) is 9.47 Å². The van der Waals surface area contributed by atoms with Crippen LogP contribution in [-0.4, -0.2) is 44.1 Å². The highest BCUT2D eigenvalue weighted by molar-refractivity contribution is 5.90. The number of hydrogen-bond acceptors (Lipinski definition) is 4. The van der Waals surface area contributed by atoms with Crippen LogP contribution >= 0.6 is 0 Å². The minimum Gasteiger partial charge on any atom is -0.493 e. The van der Waals surface area contributed by atoms with E-state index in [0.29, 0.717) is 36.6 Å². The molecule has 2 aromatic rings. The maximum absolute atomic E-state index is 13.5. The summed E-state index contributed by atoms with van der Waals surface area (Å²) in [5, 5.41) is 5.62. The number of hydrogen-bond donors (Lipinski definition) is 2. The molecule has 160 valence electrons. The number of nitrogens with one attached hydrogen (secondary N) is 2. The molecule has 30 heavy (non-hydrogen) atoms. The Morgan fingerprint density at radius 3 is 2.57 bits per heavy atom. The number of fused-ring (bicyclic) bond motifs is 1. The molecule has 2 aromatic carbocycles. The van der Waals surface area contributed by atoms with E-state index in [0.717, 1.165) is 11.1 Å². The van der Waals surface area contributed by atoms with Crippen LogP contribution in [0.1, 0.15) is 30.5 Å². The van der Waals surface area contributed by atoms with Crippen molar-refractivity contribution in [1.29, 1.82) is 0 Å². The Morgan fingerprint density at radius 1 is 1.17 bits per heavy atom. The summed E-state index contributed by atoms with van der Waals surface area (Å²) in [6.45, 7) is 2.47. The number of benzene rings is 2. The molecule has 0 saturated carbocycles. The van der Waals surface area contributed by atoms with Crippen LogP contribution in [0.2, 0.25) is 0 Å². The average molecular weight is 415 g/mol. The predicted molar refractivity (Wildman–Crippen MR) is 111 cm³/mol. The highest BCUT2D eigenvalue weighted by Gasteiger charge is 2.32. The number of amides is 3. The van der Waals surface area contributed by atoms with E-state index in [1.54, 1.807) is 32.1 Å². The van der Waals surface area contributed by atoms with Crippen molar-refractivity contribution < 1.29 is 23.5 Å². The molecular formula is C22H26FN3O4. The van der Waals surface area contributed by atoms with Gasteiger partial charge in [0.2, 0.25) is 5.91 Å². The fraction of sp³-hybridized carbons (Fsp3) is 0.364. The van der Waals surface area contributed by atoms with Gasteiger partial charge in [-0.25, -0.2) is 9.18 Å². The van der Waals surface area contributed by atoms with Crippen molar-refractivity contribution in [2.75, 3.05) is 32.6 Å². The molecule has 0 radical (unpaired) electrons. The van der Waals surface area contributed by atoms with Crippen molar-refractivity contribution in [2.24, 2.45) is 0 Å². The van der Waals surface area contributed by atoms with Crippen molar-refractivity contribution >= 4 is 17.6 Å². The fourth-order valence-electron chi connectivity index (χ4n) is 3.59. The smallest absolute Gasteiger partial charge is 0.322 e. The molecule has 7 nitrogen and oxygen atoms in total. The molecule has 3 amide bonds. The van der Waals surface area contributed by atoms with Gasteiger partial charge in [0.25, 0.3) is 0 Å². The van der Waals surface area contributed by atoms with Gasteiger partial charge in [-0.15, -0.1) is 0 Å². The molecule has 0 saturated heterocycles. The maximum Gasteiger partial charge on any atom is 0.322 e. The summed E-state index contributed by atoms with van der Waals surface area (Å²) >= 11 is 0. The molecule has 0 unspecified atom stereocenters. The fourth-order valence-corrected chi connectivity index (χ4v) is 3.59. The van der Waals surface area contributed by atoms with Crippen molar-refractivity contribution in [3.8, 4) is 11.5 Å². The summed E-state index contributed by atoms with van der Waals surface area (Å²) in [6, 6.07) is 8.72. The number of carbonyl (C=O) groups is 2. The summed E-state index contributed by atoms with van der Waals surface area (Å²) in [4.78, 5) is 26.5. The lowest BCUT2D eigenvalue weighted by atomic mass is 9.91. The molecule has 8 heteroatoms. The first-order valence-electron chi connectivity index (χ1n) is 9.81. The summed E-state index contributed by atoms with van der Waals surface area (Å²) in [6.07, 6.45) is 0.964. The zero-order chi connectivity index (χ0) is 21.7. The first-order valence-corrected chi connectivity index (χ1v) is 9.81. The number of carbonyl (C=O) groups excluding carboxylic acids is 2. The lowest BCUT2D eigenvalue weighted by molar-refractivity contribution is -0.121. The van der Waals surface area contributed by atoms with Crippen molar-refractivity contribution in [3.05, 3.63) is 53.3 Å². The summed E-state index contributed by atoms with van der Waals surface area (Å²) < 4.78 is 24.3. The molecular weight excluding hydrogens is 389 g/mol. The molecule has 1 aliphatic heterocycles. The second kappa shape index (κ2) is 9.47. The Balaban J connectivity index is 1.92. The van der Waals surface area contributed by atoms with Crippen molar-refractivity contribution in [2.45, 2.75) is 25.8 Å². The second-order valence-corrected chi connectivity index (χ2v) is 6.96. The van der Waals surface area contributed by atoms with Crippen LogP contribution < -0.4 is 20.1 Å². The van der Waals surface area contributed by atoms with Crippen LogP contribution in [0.15, 0.2) is 36.4 Å². The van der Waals surface area contributed by atoms with Gasteiger partial charge in [0.1, 0.15) is 5.82 Å². The molecule has 0 aliphatic carbocycles. The van der Waals surface area contributed by atoms with E-state index < -0.39 is 11.9 Å². The third-order valence-electron chi connectivity index (χ3n) is 5.15. The number of nitrogens with zero attached hydrogens (tertiary/aromatic N) is 1. The van der Waals surface area contributed by atoms with E-state index in [9.17, 15) is 14.0 Å². The van der Waals surface area contributed by atoms with Crippen LogP contribution in [0.3, 0.4) is 0 Å². The topological polar surface area (TPSA) is 79.9 Å². The van der Waals surface area contributed by atoms with Crippen LogP contribution in [0, 0.1) is 5.82 Å². The summed E-state index contributed by atoms with van der Waals surface area (Å²) in [5.74, 6) is 0.634. The van der Waals surface area contributed by atoms with Crippen molar-refractivity contribution in [3.63, 3.8) is 0 Å². The summed E-state index contributed by atoms with van der Waals surface area (Å²) in [5.41, 5.74) is 2.28. The highest BCUT2D eigenvalue weighted by Crippen LogP contribution is 2.38. The highest BCUT2D eigenvalue weighted by atomic mass is 19.1. The van der Waals surface area contributed by atoms with E-state index in [1.165, 1.54) is 18.2 Å². The average Bonchev–Trinajstić information content (AvgIpc) is 2.75. The van der Waals surface area contributed by atoms with Gasteiger partial charge in [-0.1, -0.05) is 13.0 Å². The van der Waals surface area contributed by atoms with E-state index in [2.05, 4.69) is 10.6 Å². The molecule has 0 bridgehead atoms. The number of methoxy groups -OCH3 is 2. The number of ether oxygens (including phenoxy) is 2. The largest absolute Gasteiger partial charge is 0.493 e. The zero-order valence-corrected chi connectivity index (χ0v) is 17.3. The van der Waals surface area contributed by atoms with Gasteiger partial charge in [0, 0.05) is 25.2 Å². The van der Waals surface area contributed by atoms with Gasteiger partial charge in [-0.3, -0.25) is 4.79 Å². The lowest BCUT2D eigenvalue weighted by Gasteiger charge is -2.37. The first-order chi connectivity index (χ1) is 14.5.